The second-order valence-electron chi connectivity index (χ2n) is 9.65. The summed E-state index contributed by atoms with van der Waals surface area (Å²) >= 11 is 0. The van der Waals surface area contributed by atoms with Crippen LogP contribution in [0.4, 0.5) is 13.2 Å². The van der Waals surface area contributed by atoms with Crippen molar-refractivity contribution in [2.75, 3.05) is 13.7 Å². The highest BCUT2D eigenvalue weighted by Crippen LogP contribution is 2.28. The maximum atomic E-state index is 13.5. The number of aliphatic carboxylic acids is 1. The Bertz CT molecular complexity index is 1570. The average Bonchev–Trinajstić information content (AvgIpc) is 3.31. The molecule has 1 aromatic heterocycles. The summed E-state index contributed by atoms with van der Waals surface area (Å²) < 4.78 is 39.3. The molecular formula is C31H30F3N3O4. The number of hydrogen-bond donors (Lipinski definition) is 1. The van der Waals surface area contributed by atoms with E-state index < -0.39 is 12.1 Å². The summed E-state index contributed by atoms with van der Waals surface area (Å²) in [4.78, 5) is 28.8. The molecule has 4 aromatic rings. The fraction of sp³-hybridized carbons (Fsp3) is 0.258. The van der Waals surface area contributed by atoms with Gasteiger partial charge in [-0.25, -0.2) is 9.78 Å². The van der Waals surface area contributed by atoms with Crippen molar-refractivity contribution in [1.82, 2.24) is 14.5 Å². The molecule has 214 valence electrons. The molecule has 0 radical (unpaired) electrons. The zero-order valence-corrected chi connectivity index (χ0v) is 22.7. The fourth-order valence-corrected chi connectivity index (χ4v) is 4.70. The van der Waals surface area contributed by atoms with Crippen molar-refractivity contribution in [2.45, 2.75) is 38.9 Å². The number of methoxy groups -OCH3 is 1. The van der Waals surface area contributed by atoms with Crippen LogP contribution in [0.15, 0.2) is 78.8 Å². The molecule has 41 heavy (non-hydrogen) atoms. The van der Waals surface area contributed by atoms with Crippen LogP contribution in [0.5, 0.6) is 5.75 Å². The van der Waals surface area contributed by atoms with Crippen molar-refractivity contribution in [2.24, 2.45) is 0 Å². The molecule has 0 unspecified atom stereocenters. The molecule has 0 aliphatic carbocycles. The maximum absolute atomic E-state index is 13.5. The van der Waals surface area contributed by atoms with Crippen LogP contribution in [0.25, 0.3) is 22.5 Å². The third kappa shape index (κ3) is 7.33. The largest absolute Gasteiger partial charge is 0.495 e. The number of benzene rings is 3. The number of ether oxygens (including phenoxy) is 1. The van der Waals surface area contributed by atoms with Gasteiger partial charge in [0.05, 0.1) is 24.8 Å². The number of hydrogen-bond acceptors (Lipinski definition) is 4. The zero-order chi connectivity index (χ0) is 29.6. The van der Waals surface area contributed by atoms with Crippen molar-refractivity contribution >= 4 is 28.7 Å². The summed E-state index contributed by atoms with van der Waals surface area (Å²) in [5.74, 6) is -1.88. The molecule has 7 nitrogen and oxygen atoms in total. The number of likely N-dealkylation sites (tertiary alicyclic amines) is 1. The molecule has 0 atom stereocenters. The van der Waals surface area contributed by atoms with E-state index in [-0.39, 0.29) is 5.91 Å². The van der Waals surface area contributed by atoms with Gasteiger partial charge in [-0.2, -0.15) is 13.2 Å². The maximum Gasteiger partial charge on any atom is 0.490 e. The second-order valence-corrected chi connectivity index (χ2v) is 9.65. The minimum absolute atomic E-state index is 0.124. The standard InChI is InChI=1S/C29H29N3O2.C2HF3O2/c1-21-18-32(20-30-21)27-14-13-22(17-28(27)34-2)16-24-9-5-6-15-31(29(24)33)19-25-11-7-10-23-8-3-4-12-26(23)25;3-2(4,5)1(6)7/h3-4,7-8,10-14,16-18,20H,5-6,9,15,19H2,1-2H3;(H,6,7). The Morgan fingerprint density at radius 1 is 1.10 bits per heavy atom. The summed E-state index contributed by atoms with van der Waals surface area (Å²) in [6.45, 7) is 3.37. The van der Waals surface area contributed by atoms with Crippen LogP contribution in [0.1, 0.15) is 36.1 Å². The Morgan fingerprint density at radius 3 is 2.51 bits per heavy atom. The quantitative estimate of drug-likeness (QED) is 0.277. The van der Waals surface area contributed by atoms with Gasteiger partial charge in [0.15, 0.2) is 0 Å². The number of carbonyl (C=O) groups excluding carboxylic acids is 1. The van der Waals surface area contributed by atoms with Gasteiger partial charge < -0.3 is 19.3 Å². The van der Waals surface area contributed by atoms with Gasteiger partial charge in [0.2, 0.25) is 5.91 Å². The zero-order valence-electron chi connectivity index (χ0n) is 22.7. The lowest BCUT2D eigenvalue weighted by molar-refractivity contribution is -0.192. The van der Waals surface area contributed by atoms with Gasteiger partial charge >= 0.3 is 12.1 Å². The minimum Gasteiger partial charge on any atom is -0.495 e. The lowest BCUT2D eigenvalue weighted by Gasteiger charge is -2.22. The third-order valence-electron chi connectivity index (χ3n) is 6.70. The van der Waals surface area contributed by atoms with E-state index in [4.69, 9.17) is 14.6 Å². The molecule has 1 aliphatic heterocycles. The van der Waals surface area contributed by atoms with Crippen LogP contribution >= 0.6 is 0 Å². The van der Waals surface area contributed by atoms with E-state index >= 15 is 0 Å². The SMILES string of the molecule is COc1cc(C=C2CCCCN(Cc3cccc4ccccc34)C2=O)ccc1-n1cnc(C)c1.O=C(O)C(F)(F)F. The van der Waals surface area contributed by atoms with Gasteiger partial charge in [-0.15, -0.1) is 0 Å². The first kappa shape index (κ1) is 29.4. The summed E-state index contributed by atoms with van der Waals surface area (Å²) in [6.07, 6.45) is 3.50. The minimum atomic E-state index is -5.08. The predicted molar refractivity (Wildman–Crippen MR) is 150 cm³/mol. The van der Waals surface area contributed by atoms with Gasteiger partial charge in [-0.3, -0.25) is 4.79 Å². The summed E-state index contributed by atoms with van der Waals surface area (Å²) in [6, 6.07) is 20.7. The molecule has 1 saturated heterocycles. The molecule has 0 spiro atoms. The predicted octanol–water partition coefficient (Wildman–Crippen LogP) is 6.57. The van der Waals surface area contributed by atoms with Crippen molar-refractivity contribution in [3.05, 3.63) is 95.6 Å². The lowest BCUT2D eigenvalue weighted by atomic mass is 10.0. The monoisotopic (exact) mass is 565 g/mol. The third-order valence-corrected chi connectivity index (χ3v) is 6.70. The van der Waals surface area contributed by atoms with E-state index in [1.807, 2.05) is 46.9 Å². The number of halogens is 3. The van der Waals surface area contributed by atoms with Crippen LogP contribution < -0.4 is 4.74 Å². The Morgan fingerprint density at radius 2 is 1.83 bits per heavy atom. The number of fused-ring (bicyclic) bond motifs is 1. The molecule has 1 aliphatic rings. The smallest absolute Gasteiger partial charge is 0.490 e. The lowest BCUT2D eigenvalue weighted by Crippen LogP contribution is -2.31. The van der Waals surface area contributed by atoms with E-state index in [1.54, 1.807) is 13.4 Å². The summed E-state index contributed by atoms with van der Waals surface area (Å²) in [7, 11) is 1.67. The van der Waals surface area contributed by atoms with Crippen LogP contribution in [0.3, 0.4) is 0 Å². The second kappa shape index (κ2) is 12.7. The number of amides is 1. The van der Waals surface area contributed by atoms with E-state index in [0.29, 0.717) is 6.54 Å². The van der Waals surface area contributed by atoms with Crippen molar-refractivity contribution in [1.29, 1.82) is 0 Å². The van der Waals surface area contributed by atoms with Crippen molar-refractivity contribution in [3.63, 3.8) is 0 Å². The van der Waals surface area contributed by atoms with Gasteiger partial charge in [-0.1, -0.05) is 48.5 Å². The summed E-state index contributed by atoms with van der Waals surface area (Å²) in [5.41, 5.74) is 4.88. The van der Waals surface area contributed by atoms with Gasteiger partial charge in [0, 0.05) is 24.9 Å². The molecule has 2 heterocycles. The molecule has 1 amide bonds. The Hall–Kier alpha value is -4.60. The molecule has 3 aromatic carbocycles. The molecule has 10 heteroatoms. The molecule has 5 rings (SSSR count). The van der Waals surface area contributed by atoms with Crippen molar-refractivity contribution < 1.29 is 32.6 Å². The molecular weight excluding hydrogens is 535 g/mol. The number of carbonyl (C=O) groups is 2. The average molecular weight is 566 g/mol. The highest BCUT2D eigenvalue weighted by molar-refractivity contribution is 5.98. The number of carboxylic acids is 1. The Labute approximate surface area is 235 Å². The fourth-order valence-electron chi connectivity index (χ4n) is 4.70. The molecule has 0 saturated carbocycles. The molecule has 1 N–H and O–H groups in total. The highest BCUT2D eigenvalue weighted by Gasteiger charge is 2.38. The number of aromatic nitrogens is 2. The van der Waals surface area contributed by atoms with E-state index in [2.05, 4.69) is 47.4 Å². The first-order valence-corrected chi connectivity index (χ1v) is 13.0. The Balaban J connectivity index is 0.000000493. The normalized spacial score (nSPS) is 14.9. The van der Waals surface area contributed by atoms with Gasteiger partial charge in [0.1, 0.15) is 5.75 Å². The number of imidazole rings is 1. The highest BCUT2D eigenvalue weighted by atomic mass is 19.4. The van der Waals surface area contributed by atoms with E-state index in [1.165, 1.54) is 16.3 Å². The van der Waals surface area contributed by atoms with E-state index in [9.17, 15) is 18.0 Å². The number of carboxylic acid groups (broad SMARTS) is 1. The Kier molecular flexibility index (Phi) is 9.11. The molecule has 0 bridgehead atoms. The number of rotatable bonds is 5. The first-order valence-electron chi connectivity index (χ1n) is 13.0. The van der Waals surface area contributed by atoms with Crippen LogP contribution in [0.2, 0.25) is 0 Å². The summed E-state index contributed by atoms with van der Waals surface area (Å²) in [5, 5.41) is 9.54. The molecule has 1 fully saturated rings. The van der Waals surface area contributed by atoms with Crippen LogP contribution in [0, 0.1) is 6.92 Å². The van der Waals surface area contributed by atoms with Crippen molar-refractivity contribution in [3.8, 4) is 11.4 Å². The topological polar surface area (TPSA) is 84.7 Å². The number of alkyl halides is 3. The van der Waals surface area contributed by atoms with Crippen LogP contribution in [-0.4, -0.2) is 51.3 Å². The van der Waals surface area contributed by atoms with E-state index in [0.717, 1.165) is 54.1 Å². The van der Waals surface area contributed by atoms with Gasteiger partial charge in [0.25, 0.3) is 0 Å². The first-order chi connectivity index (χ1) is 19.6. The number of aryl methyl sites for hydroxylation is 1. The van der Waals surface area contributed by atoms with Crippen LogP contribution in [-0.2, 0) is 16.1 Å². The number of nitrogens with zero attached hydrogens (tertiary/aromatic N) is 3. The van der Waals surface area contributed by atoms with Gasteiger partial charge in [-0.05, 0) is 66.3 Å².